The topological polar surface area (TPSA) is 84.3 Å². The Balaban J connectivity index is 1.48. The third-order valence-corrected chi connectivity index (χ3v) is 5.18. The van der Waals surface area contributed by atoms with E-state index in [4.69, 9.17) is 0 Å². The molecule has 3 aromatic rings. The highest BCUT2D eigenvalue weighted by atomic mass is 16.2. The predicted molar refractivity (Wildman–Crippen MR) is 112 cm³/mol. The number of hydrogen-bond acceptors (Lipinski definition) is 4. The molecule has 1 saturated heterocycles. The van der Waals surface area contributed by atoms with E-state index in [0.717, 1.165) is 12.0 Å². The summed E-state index contributed by atoms with van der Waals surface area (Å²) in [7, 11) is 0. The van der Waals surface area contributed by atoms with E-state index in [-0.39, 0.29) is 30.3 Å². The molecule has 4 rings (SSSR count). The van der Waals surface area contributed by atoms with Crippen molar-refractivity contribution in [3.8, 4) is 0 Å². The average Bonchev–Trinajstić information content (AvgIpc) is 3.14. The first-order valence-electron chi connectivity index (χ1n) is 9.68. The van der Waals surface area contributed by atoms with E-state index in [9.17, 15) is 14.4 Å². The largest absolute Gasteiger partial charge is 0.324 e. The Morgan fingerprint density at radius 3 is 2.76 bits per heavy atom. The summed E-state index contributed by atoms with van der Waals surface area (Å²) in [6, 6.07) is 12.8. The van der Waals surface area contributed by atoms with Gasteiger partial charge in [-0.15, -0.1) is 0 Å². The maximum absolute atomic E-state index is 12.7. The van der Waals surface area contributed by atoms with Crippen LogP contribution in [0.5, 0.6) is 0 Å². The monoisotopic (exact) mass is 390 g/mol. The summed E-state index contributed by atoms with van der Waals surface area (Å²) < 4.78 is 1.46. The van der Waals surface area contributed by atoms with Crippen LogP contribution in [0.4, 0.5) is 11.4 Å². The van der Waals surface area contributed by atoms with E-state index in [1.807, 2.05) is 37.3 Å². The van der Waals surface area contributed by atoms with E-state index in [1.54, 1.807) is 17.0 Å². The Labute approximate surface area is 168 Å². The van der Waals surface area contributed by atoms with Crippen molar-refractivity contribution >= 4 is 34.1 Å². The molecular weight excluding hydrogens is 368 g/mol. The molecule has 29 heavy (non-hydrogen) atoms. The van der Waals surface area contributed by atoms with E-state index >= 15 is 0 Å². The van der Waals surface area contributed by atoms with Crippen molar-refractivity contribution in [1.29, 1.82) is 0 Å². The second-order valence-corrected chi connectivity index (χ2v) is 7.18. The number of nitrogens with zero attached hydrogens (tertiary/aromatic N) is 3. The molecule has 2 heterocycles. The van der Waals surface area contributed by atoms with Crippen LogP contribution in [-0.2, 0) is 16.1 Å². The van der Waals surface area contributed by atoms with E-state index in [1.165, 1.54) is 10.9 Å². The summed E-state index contributed by atoms with van der Waals surface area (Å²) in [6.45, 7) is 2.80. The number of hydrogen-bond donors (Lipinski definition) is 1. The van der Waals surface area contributed by atoms with Crippen LogP contribution in [0.15, 0.2) is 53.6 Å². The van der Waals surface area contributed by atoms with Crippen molar-refractivity contribution in [1.82, 2.24) is 9.55 Å². The summed E-state index contributed by atoms with van der Waals surface area (Å²) >= 11 is 0. The first kappa shape index (κ1) is 18.9. The van der Waals surface area contributed by atoms with Crippen molar-refractivity contribution in [2.75, 3.05) is 16.8 Å². The third kappa shape index (κ3) is 3.76. The van der Waals surface area contributed by atoms with Crippen LogP contribution in [0.2, 0.25) is 0 Å². The first-order valence-corrected chi connectivity index (χ1v) is 9.68. The van der Waals surface area contributed by atoms with Gasteiger partial charge >= 0.3 is 0 Å². The number of nitrogens with one attached hydrogen (secondary N) is 1. The highest BCUT2D eigenvalue weighted by molar-refractivity contribution is 6.02. The molecule has 148 valence electrons. The second kappa shape index (κ2) is 7.87. The van der Waals surface area contributed by atoms with Gasteiger partial charge in [-0.05, 0) is 37.1 Å². The lowest BCUT2D eigenvalue weighted by Gasteiger charge is -2.20. The minimum absolute atomic E-state index is 0.0655. The van der Waals surface area contributed by atoms with Crippen LogP contribution >= 0.6 is 0 Å². The molecule has 2 aromatic carbocycles. The van der Waals surface area contributed by atoms with Gasteiger partial charge in [0.05, 0.1) is 28.6 Å². The van der Waals surface area contributed by atoms with Gasteiger partial charge in [-0.3, -0.25) is 19.0 Å². The number of benzene rings is 2. The molecule has 1 aliphatic heterocycles. The van der Waals surface area contributed by atoms with Crippen molar-refractivity contribution in [2.45, 2.75) is 32.7 Å². The molecule has 2 amide bonds. The molecule has 1 aliphatic rings. The molecule has 0 aliphatic carbocycles. The molecule has 7 nitrogen and oxygen atoms in total. The van der Waals surface area contributed by atoms with Crippen LogP contribution in [0, 0.1) is 6.92 Å². The fourth-order valence-electron chi connectivity index (χ4n) is 3.65. The van der Waals surface area contributed by atoms with Gasteiger partial charge in [0.2, 0.25) is 11.8 Å². The number of carbonyl (C=O) groups is 2. The molecular formula is C22H22N4O3. The van der Waals surface area contributed by atoms with Gasteiger partial charge in [0.15, 0.2) is 0 Å². The zero-order valence-electron chi connectivity index (χ0n) is 16.2. The number of amides is 2. The van der Waals surface area contributed by atoms with Gasteiger partial charge in [0.1, 0.15) is 0 Å². The smallest absolute Gasteiger partial charge is 0.261 e. The van der Waals surface area contributed by atoms with E-state index in [2.05, 4.69) is 10.3 Å². The van der Waals surface area contributed by atoms with Gasteiger partial charge < -0.3 is 10.2 Å². The lowest BCUT2D eigenvalue weighted by molar-refractivity contribution is -0.117. The van der Waals surface area contributed by atoms with E-state index < -0.39 is 0 Å². The average molecular weight is 390 g/mol. The van der Waals surface area contributed by atoms with Crippen LogP contribution in [0.1, 0.15) is 24.8 Å². The Kier molecular flexibility index (Phi) is 5.12. The van der Waals surface area contributed by atoms with Crippen molar-refractivity contribution in [2.24, 2.45) is 0 Å². The Morgan fingerprint density at radius 2 is 1.97 bits per heavy atom. The number of anilines is 2. The lowest BCUT2D eigenvalue weighted by atomic mass is 10.1. The summed E-state index contributed by atoms with van der Waals surface area (Å²) in [5, 5.41) is 3.42. The van der Waals surface area contributed by atoms with Gasteiger partial charge in [-0.2, -0.15) is 0 Å². The zero-order valence-corrected chi connectivity index (χ0v) is 16.2. The second-order valence-electron chi connectivity index (χ2n) is 7.18. The fourth-order valence-corrected chi connectivity index (χ4v) is 3.65. The molecule has 0 spiro atoms. The van der Waals surface area contributed by atoms with Crippen molar-refractivity contribution in [3.63, 3.8) is 0 Å². The van der Waals surface area contributed by atoms with Crippen LogP contribution in [0.25, 0.3) is 10.9 Å². The summed E-state index contributed by atoms with van der Waals surface area (Å²) in [5.41, 5.74) is 2.78. The minimum atomic E-state index is -0.222. The molecule has 1 aromatic heterocycles. The number of rotatable bonds is 5. The molecule has 0 unspecified atom stereocenters. The molecule has 1 fully saturated rings. The van der Waals surface area contributed by atoms with Crippen molar-refractivity contribution in [3.05, 3.63) is 64.7 Å². The van der Waals surface area contributed by atoms with Crippen LogP contribution < -0.4 is 15.8 Å². The number of carbonyl (C=O) groups excluding carboxylic acids is 2. The Morgan fingerprint density at radius 1 is 1.14 bits per heavy atom. The number of para-hydroxylation sites is 3. The van der Waals surface area contributed by atoms with E-state index in [0.29, 0.717) is 35.2 Å². The molecule has 0 saturated carbocycles. The highest BCUT2D eigenvalue weighted by Gasteiger charge is 2.24. The van der Waals surface area contributed by atoms with Gasteiger partial charge in [0.25, 0.3) is 5.56 Å². The van der Waals surface area contributed by atoms with Gasteiger partial charge in [0, 0.05) is 25.9 Å². The third-order valence-electron chi connectivity index (χ3n) is 5.18. The first-order chi connectivity index (χ1) is 14.0. The summed E-state index contributed by atoms with van der Waals surface area (Å²) in [4.78, 5) is 43.3. The molecule has 0 bridgehead atoms. The maximum atomic E-state index is 12.7. The zero-order chi connectivity index (χ0) is 20.4. The Hall–Kier alpha value is -3.48. The van der Waals surface area contributed by atoms with Crippen LogP contribution in [-0.4, -0.2) is 27.9 Å². The maximum Gasteiger partial charge on any atom is 0.261 e. The molecule has 0 radical (unpaired) electrons. The quantitative estimate of drug-likeness (QED) is 0.726. The van der Waals surface area contributed by atoms with Gasteiger partial charge in [-0.1, -0.05) is 24.3 Å². The highest BCUT2D eigenvalue weighted by Crippen LogP contribution is 2.29. The SMILES string of the molecule is Cc1cccc2c(=O)n(CCC(=O)Nc3ccccc3N3CCCC3=O)cnc12. The number of aromatic nitrogens is 2. The predicted octanol–water partition coefficient (Wildman–Crippen LogP) is 2.86. The molecule has 0 atom stereocenters. The Bertz CT molecular complexity index is 1150. The lowest BCUT2D eigenvalue weighted by Crippen LogP contribution is -2.26. The van der Waals surface area contributed by atoms with Crippen LogP contribution in [0.3, 0.4) is 0 Å². The summed E-state index contributed by atoms with van der Waals surface area (Å²) in [5.74, 6) is -0.156. The number of aryl methyl sites for hydroxylation is 2. The van der Waals surface area contributed by atoms with Gasteiger partial charge in [-0.25, -0.2) is 4.98 Å². The minimum Gasteiger partial charge on any atom is -0.324 e. The fraction of sp³-hybridized carbons (Fsp3) is 0.273. The standard InChI is InChI=1S/C22H22N4O3/c1-15-6-4-7-16-21(15)23-14-25(22(16)29)13-11-19(27)24-17-8-2-3-9-18(17)26-12-5-10-20(26)28/h2-4,6-9,14H,5,10-13H2,1H3,(H,24,27). The molecule has 7 heteroatoms. The normalized spacial score (nSPS) is 13.8. The summed E-state index contributed by atoms with van der Waals surface area (Å²) in [6.07, 6.45) is 2.96. The number of fused-ring (bicyclic) bond motifs is 1. The van der Waals surface area contributed by atoms with Crippen molar-refractivity contribution < 1.29 is 9.59 Å². The molecule has 1 N–H and O–H groups in total.